The quantitative estimate of drug-likeness (QED) is 0.0171. The second-order valence-electron chi connectivity index (χ2n) is 22.1. The van der Waals surface area contributed by atoms with Crippen LogP contribution in [-0.2, 0) is 70.4 Å². The van der Waals surface area contributed by atoms with Crippen molar-refractivity contribution in [2.75, 3.05) is 25.2 Å². The summed E-state index contributed by atoms with van der Waals surface area (Å²) in [6.07, 6.45) is -1.16. The summed E-state index contributed by atoms with van der Waals surface area (Å²) in [4.78, 5) is 164. The van der Waals surface area contributed by atoms with Crippen LogP contribution in [0.3, 0.4) is 0 Å². The zero-order chi connectivity index (χ0) is 68.1. The average molecular weight is 1290 g/mol. The van der Waals surface area contributed by atoms with E-state index in [4.69, 9.17) is 17.2 Å². The first kappa shape index (κ1) is 77.3. The molecule has 2 aromatic rings. The van der Waals surface area contributed by atoms with E-state index in [1.165, 1.54) is 74.1 Å². The number of hydrogen-bond donors (Lipinski definition) is 19. The van der Waals surface area contributed by atoms with Crippen molar-refractivity contribution in [2.24, 2.45) is 34.0 Å². The lowest BCUT2D eigenvalue weighted by molar-refractivity contribution is -0.143. The van der Waals surface area contributed by atoms with Crippen molar-refractivity contribution in [3.05, 3.63) is 59.7 Å². The number of carbonyl (C=O) groups is 12. The number of phenols is 2. The van der Waals surface area contributed by atoms with Crippen LogP contribution in [0.5, 0.6) is 11.5 Å². The lowest BCUT2D eigenvalue weighted by atomic mass is 10.0. The first-order valence-electron chi connectivity index (χ1n) is 28.8. The SMILES string of the molecule is CSCC[C@H](NC(=O)[C@H](C)NC(=O)[C@H](Cc1ccc(O)cc1)NC(=O)[C@H](C)NC(=O)[C@@H](NC(=O)[C@H](CC(C)C)NC(=O)[C@H](CO)NC(=O)[C@@H](NC(=O)[C@@H](N)CCCN=C(N)N)C(C)C)[C@@H](C)O)C(=O)N[C@@H](CC(=O)O)C(=O)N[C@@H](Cc1ccc(O)cc1)C(=O)O. The molecule has 0 bridgehead atoms. The molecular weight excluding hydrogens is 1200 g/mol. The molecule has 0 saturated heterocycles. The minimum absolute atomic E-state index is 0.0701. The Hall–Kier alpha value is -8.82. The molecule has 90 heavy (non-hydrogen) atoms. The molecule has 0 aromatic heterocycles. The van der Waals surface area contributed by atoms with Gasteiger partial charge in [-0.05, 0) is 106 Å². The van der Waals surface area contributed by atoms with E-state index in [0.717, 1.165) is 6.92 Å². The Labute approximate surface area is 524 Å². The second kappa shape index (κ2) is 38.6. The van der Waals surface area contributed by atoms with Crippen LogP contribution in [0.15, 0.2) is 53.5 Å². The van der Waals surface area contributed by atoms with Gasteiger partial charge in [-0.3, -0.25) is 57.7 Å². The van der Waals surface area contributed by atoms with E-state index >= 15 is 0 Å². The molecule has 0 aliphatic rings. The molecule has 0 fully saturated rings. The van der Waals surface area contributed by atoms with Crippen LogP contribution in [0.1, 0.15) is 91.7 Å². The Morgan fingerprint density at radius 2 is 0.933 bits per heavy atom. The molecule has 0 unspecified atom stereocenters. The summed E-state index contributed by atoms with van der Waals surface area (Å²) in [5.74, 6) is -13.9. The van der Waals surface area contributed by atoms with Gasteiger partial charge >= 0.3 is 11.9 Å². The molecule has 0 aliphatic heterocycles. The number of nitrogens with two attached hydrogens (primary N) is 3. The molecule has 0 heterocycles. The highest BCUT2D eigenvalue weighted by Gasteiger charge is 2.37. The van der Waals surface area contributed by atoms with Gasteiger partial charge in [-0.15, -0.1) is 0 Å². The Balaban J connectivity index is 2.27. The number of nitrogens with zero attached hydrogens (tertiary/aromatic N) is 1. The zero-order valence-corrected chi connectivity index (χ0v) is 52.3. The molecule has 0 saturated carbocycles. The van der Waals surface area contributed by atoms with Gasteiger partial charge in [0.1, 0.15) is 71.9 Å². The Morgan fingerprint density at radius 1 is 0.511 bits per heavy atom. The van der Waals surface area contributed by atoms with Crippen LogP contribution >= 0.6 is 11.8 Å². The van der Waals surface area contributed by atoms with Gasteiger partial charge in [-0.1, -0.05) is 52.0 Å². The molecule has 2 aromatic carbocycles. The van der Waals surface area contributed by atoms with Crippen molar-refractivity contribution < 1.29 is 88.2 Å². The highest BCUT2D eigenvalue weighted by molar-refractivity contribution is 7.98. The highest BCUT2D eigenvalue weighted by atomic mass is 32.2. The summed E-state index contributed by atoms with van der Waals surface area (Å²) >= 11 is 1.26. The normalized spacial score (nSPS) is 15.1. The number of carbonyl (C=O) groups excluding carboxylic acids is 10. The zero-order valence-electron chi connectivity index (χ0n) is 51.4. The number of hydrogen-bond acceptors (Lipinski definition) is 19. The second-order valence-corrected chi connectivity index (χ2v) is 23.1. The third-order valence-electron chi connectivity index (χ3n) is 13.5. The number of aliphatic imine (C=N–C) groups is 1. The van der Waals surface area contributed by atoms with Crippen LogP contribution < -0.4 is 70.4 Å². The largest absolute Gasteiger partial charge is 0.508 e. The molecule has 2 rings (SSSR count). The van der Waals surface area contributed by atoms with Crippen LogP contribution in [-0.4, -0.2) is 205 Å². The van der Waals surface area contributed by atoms with Gasteiger partial charge in [0.2, 0.25) is 59.1 Å². The lowest BCUT2D eigenvalue weighted by Crippen LogP contribution is -2.62. The van der Waals surface area contributed by atoms with Crippen LogP contribution in [0.25, 0.3) is 0 Å². The summed E-state index contributed by atoms with van der Waals surface area (Å²) in [6, 6.07) is -5.71. The molecule has 33 heteroatoms. The molecule has 0 spiro atoms. The number of nitrogens with one attached hydrogen (secondary N) is 10. The van der Waals surface area contributed by atoms with E-state index in [1.807, 2.05) is 0 Å². The Bertz CT molecular complexity index is 2810. The number of benzene rings is 2. The number of aliphatic hydroxyl groups is 2. The Kier molecular flexibility index (Phi) is 33.1. The standard InChI is InChI=1S/C57H88N14O18S/c1-27(2)22-38(66-53(85)42(26-72)69-54(86)44(28(3)4)70-48(80)36(58)10-9-20-61-57(59)60)52(84)71-45(31(7)73)55(87)63-30(6)47(79)65-39(23-32-11-15-34(74)16-12-32)50(82)62-29(5)46(78)64-37(19-21-90-8)49(81)67-40(25-43(76)77)51(83)68-41(56(88)89)24-33-13-17-35(75)18-14-33/h11-18,27-31,36-42,44-45,72-75H,9-10,19-26,58H2,1-8H3,(H,62,82)(H,63,87)(H,64,78)(H,65,79)(H,66,85)(H,67,81)(H,68,83)(H,69,86)(H,70,80)(H,71,84)(H,76,77)(H,88,89)(H4,59,60,61)/t29-,30-,31+,36-,37-,38-,39-,40-,41-,42-,44-,45-/m0/s1. The van der Waals surface area contributed by atoms with Gasteiger partial charge in [0.15, 0.2) is 5.96 Å². The fourth-order valence-electron chi connectivity index (χ4n) is 8.46. The van der Waals surface area contributed by atoms with Crippen LogP contribution in [0.4, 0.5) is 0 Å². The predicted octanol–water partition coefficient (Wildman–Crippen LogP) is -4.46. The molecular formula is C57H88N14O18S. The fourth-order valence-corrected chi connectivity index (χ4v) is 8.93. The molecule has 500 valence electrons. The number of aromatic hydroxyl groups is 2. The summed E-state index contributed by atoms with van der Waals surface area (Å²) in [5, 5.41) is 84.0. The number of aliphatic hydroxyl groups excluding tert-OH is 2. The third-order valence-corrected chi connectivity index (χ3v) is 14.2. The molecule has 0 radical (unpaired) electrons. The van der Waals surface area contributed by atoms with Gasteiger partial charge in [0.25, 0.3) is 0 Å². The Morgan fingerprint density at radius 3 is 1.41 bits per heavy atom. The van der Waals surface area contributed by atoms with E-state index in [1.54, 1.807) is 34.0 Å². The number of thioether (sulfide) groups is 1. The van der Waals surface area contributed by atoms with Gasteiger partial charge in [-0.2, -0.15) is 11.8 Å². The van der Waals surface area contributed by atoms with Crippen molar-refractivity contribution >= 4 is 88.7 Å². The van der Waals surface area contributed by atoms with Crippen molar-refractivity contribution in [3.8, 4) is 11.5 Å². The van der Waals surface area contributed by atoms with E-state index in [0.29, 0.717) is 17.5 Å². The number of phenolic OH excluding ortho intramolecular Hbond substituents is 2. The molecule has 22 N–H and O–H groups in total. The van der Waals surface area contributed by atoms with Crippen LogP contribution in [0.2, 0.25) is 0 Å². The van der Waals surface area contributed by atoms with E-state index in [9.17, 15) is 88.2 Å². The molecule has 32 nitrogen and oxygen atoms in total. The smallest absolute Gasteiger partial charge is 0.326 e. The summed E-state index contributed by atoms with van der Waals surface area (Å²) in [5.41, 5.74) is 17.4. The van der Waals surface area contributed by atoms with Crippen molar-refractivity contribution in [1.29, 1.82) is 0 Å². The molecule has 12 atom stereocenters. The minimum Gasteiger partial charge on any atom is -0.508 e. The van der Waals surface area contributed by atoms with E-state index in [2.05, 4.69) is 58.2 Å². The number of guanidine groups is 1. The third kappa shape index (κ3) is 27.7. The molecule has 10 amide bonds. The highest BCUT2D eigenvalue weighted by Crippen LogP contribution is 2.15. The van der Waals surface area contributed by atoms with Gasteiger partial charge in [0, 0.05) is 19.4 Å². The predicted molar refractivity (Wildman–Crippen MR) is 328 cm³/mol. The number of carboxylic acids is 2. The van der Waals surface area contributed by atoms with Crippen molar-refractivity contribution in [1.82, 2.24) is 53.2 Å². The summed E-state index contributed by atoms with van der Waals surface area (Å²) in [6.45, 7) is 9.46. The van der Waals surface area contributed by atoms with Crippen LogP contribution in [0, 0.1) is 11.8 Å². The van der Waals surface area contributed by atoms with Gasteiger partial charge in [0.05, 0.1) is 25.2 Å². The number of amides is 10. The maximum absolute atomic E-state index is 14.1. The molecule has 0 aliphatic carbocycles. The fraction of sp³-hybridized carbons (Fsp3) is 0.561. The number of carboxylic acid groups (broad SMARTS) is 2. The lowest BCUT2D eigenvalue weighted by Gasteiger charge is -2.29. The first-order chi connectivity index (χ1) is 42.2. The summed E-state index contributed by atoms with van der Waals surface area (Å²) in [7, 11) is 0. The monoisotopic (exact) mass is 1290 g/mol. The van der Waals surface area contributed by atoms with E-state index in [-0.39, 0.29) is 67.8 Å². The minimum atomic E-state index is -1.84. The van der Waals surface area contributed by atoms with Gasteiger partial charge in [-0.25, -0.2) is 4.79 Å². The number of rotatable bonds is 39. The maximum atomic E-state index is 14.1. The summed E-state index contributed by atoms with van der Waals surface area (Å²) < 4.78 is 0. The first-order valence-corrected chi connectivity index (χ1v) is 30.2. The average Bonchev–Trinajstić information content (AvgIpc) is 1.55. The van der Waals surface area contributed by atoms with Gasteiger partial charge < -0.3 is 101 Å². The topological polar surface area (TPSA) is 537 Å². The van der Waals surface area contributed by atoms with Crippen molar-refractivity contribution in [2.45, 2.75) is 166 Å². The van der Waals surface area contributed by atoms with Crippen molar-refractivity contribution in [3.63, 3.8) is 0 Å². The van der Waals surface area contributed by atoms with E-state index < -0.39 is 163 Å². The maximum Gasteiger partial charge on any atom is 0.326 e. The number of aliphatic carboxylic acids is 2.